The maximum Gasteiger partial charge on any atom is 0.162 e. The van der Waals surface area contributed by atoms with E-state index in [1.165, 1.54) is 12.8 Å². The van der Waals surface area contributed by atoms with Crippen molar-refractivity contribution in [3.63, 3.8) is 0 Å². The van der Waals surface area contributed by atoms with E-state index in [-0.39, 0.29) is 5.75 Å². The molecule has 0 bridgehead atoms. The fourth-order valence-electron chi connectivity index (χ4n) is 1.52. The van der Waals surface area contributed by atoms with Crippen molar-refractivity contribution in [2.24, 2.45) is 0 Å². The number of rotatable bonds is 5. The van der Waals surface area contributed by atoms with Crippen LogP contribution in [0.15, 0.2) is 18.2 Å². The molecule has 0 aromatic heterocycles. The van der Waals surface area contributed by atoms with Crippen molar-refractivity contribution in [1.82, 2.24) is 5.32 Å². The zero-order chi connectivity index (χ0) is 10.7. The van der Waals surface area contributed by atoms with Crippen molar-refractivity contribution in [3.8, 4) is 11.5 Å². The first-order chi connectivity index (χ1) is 7.31. The van der Waals surface area contributed by atoms with Gasteiger partial charge >= 0.3 is 0 Å². The SMILES string of the molecule is CCOc1cccc(CNC2CC2)c1O. The molecule has 0 heterocycles. The van der Waals surface area contributed by atoms with E-state index in [2.05, 4.69) is 5.32 Å². The van der Waals surface area contributed by atoms with E-state index in [1.54, 1.807) is 6.07 Å². The Hall–Kier alpha value is -1.22. The van der Waals surface area contributed by atoms with Gasteiger partial charge in [-0.05, 0) is 25.8 Å². The molecule has 1 aliphatic rings. The van der Waals surface area contributed by atoms with Crippen LogP contribution < -0.4 is 10.1 Å². The molecule has 0 atom stereocenters. The molecule has 3 heteroatoms. The van der Waals surface area contributed by atoms with E-state index in [9.17, 15) is 5.11 Å². The molecule has 1 fully saturated rings. The van der Waals surface area contributed by atoms with Crippen LogP contribution in [-0.2, 0) is 6.54 Å². The van der Waals surface area contributed by atoms with Gasteiger partial charge in [-0.15, -0.1) is 0 Å². The molecule has 0 saturated heterocycles. The van der Waals surface area contributed by atoms with Gasteiger partial charge in [0.2, 0.25) is 0 Å². The Morgan fingerprint density at radius 3 is 2.93 bits per heavy atom. The van der Waals surface area contributed by atoms with Gasteiger partial charge in [-0.2, -0.15) is 0 Å². The summed E-state index contributed by atoms with van der Waals surface area (Å²) < 4.78 is 5.32. The number of benzene rings is 1. The van der Waals surface area contributed by atoms with Crippen LogP contribution >= 0.6 is 0 Å². The van der Waals surface area contributed by atoms with Gasteiger partial charge < -0.3 is 15.2 Å². The molecule has 15 heavy (non-hydrogen) atoms. The highest BCUT2D eigenvalue weighted by Crippen LogP contribution is 2.30. The van der Waals surface area contributed by atoms with Gasteiger partial charge in [0, 0.05) is 18.2 Å². The predicted molar refractivity (Wildman–Crippen MR) is 59.1 cm³/mol. The molecule has 1 aliphatic carbocycles. The summed E-state index contributed by atoms with van der Waals surface area (Å²) in [4.78, 5) is 0. The quantitative estimate of drug-likeness (QED) is 0.776. The van der Waals surface area contributed by atoms with Crippen LogP contribution in [0, 0.1) is 0 Å². The second-order valence-corrected chi connectivity index (χ2v) is 3.85. The fourth-order valence-corrected chi connectivity index (χ4v) is 1.52. The molecular weight excluding hydrogens is 190 g/mol. The summed E-state index contributed by atoms with van der Waals surface area (Å²) in [5.74, 6) is 0.847. The van der Waals surface area contributed by atoms with Crippen molar-refractivity contribution in [2.45, 2.75) is 32.4 Å². The maximum atomic E-state index is 9.89. The lowest BCUT2D eigenvalue weighted by Crippen LogP contribution is -2.15. The lowest BCUT2D eigenvalue weighted by atomic mass is 10.2. The Bertz CT molecular complexity index is 334. The molecule has 3 nitrogen and oxygen atoms in total. The average molecular weight is 207 g/mol. The molecule has 0 radical (unpaired) electrons. The third-order valence-electron chi connectivity index (χ3n) is 2.54. The highest BCUT2D eigenvalue weighted by atomic mass is 16.5. The minimum absolute atomic E-state index is 0.271. The smallest absolute Gasteiger partial charge is 0.162 e. The summed E-state index contributed by atoms with van der Waals surface area (Å²) >= 11 is 0. The Morgan fingerprint density at radius 1 is 1.47 bits per heavy atom. The fraction of sp³-hybridized carbons (Fsp3) is 0.500. The maximum absolute atomic E-state index is 9.89. The first-order valence-electron chi connectivity index (χ1n) is 5.48. The standard InChI is InChI=1S/C12H17NO2/c1-2-15-11-5-3-4-9(12(11)14)8-13-10-6-7-10/h3-5,10,13-14H,2,6-8H2,1H3. The Kier molecular flexibility index (Phi) is 3.11. The minimum atomic E-state index is 0.271. The second kappa shape index (κ2) is 4.53. The molecule has 82 valence electrons. The number of hydrogen-bond acceptors (Lipinski definition) is 3. The molecular formula is C12H17NO2. The summed E-state index contributed by atoms with van der Waals surface area (Å²) in [6.45, 7) is 3.21. The van der Waals surface area contributed by atoms with Gasteiger partial charge in [0.15, 0.2) is 11.5 Å². The summed E-state index contributed by atoms with van der Waals surface area (Å²) in [5.41, 5.74) is 0.910. The third-order valence-corrected chi connectivity index (χ3v) is 2.54. The summed E-state index contributed by atoms with van der Waals surface area (Å²) in [6.07, 6.45) is 2.51. The van der Waals surface area contributed by atoms with Gasteiger partial charge in [0.05, 0.1) is 6.61 Å². The molecule has 1 aromatic carbocycles. The average Bonchev–Trinajstić information content (AvgIpc) is 3.03. The predicted octanol–water partition coefficient (Wildman–Crippen LogP) is 2.04. The van der Waals surface area contributed by atoms with E-state index < -0.39 is 0 Å². The van der Waals surface area contributed by atoms with Crippen molar-refractivity contribution in [1.29, 1.82) is 0 Å². The topological polar surface area (TPSA) is 41.5 Å². The van der Waals surface area contributed by atoms with Crippen molar-refractivity contribution < 1.29 is 9.84 Å². The summed E-state index contributed by atoms with van der Waals surface area (Å²) in [5, 5.41) is 13.3. The zero-order valence-electron chi connectivity index (χ0n) is 8.99. The van der Waals surface area contributed by atoms with E-state index in [0.717, 1.165) is 12.1 Å². The molecule has 0 spiro atoms. The van der Waals surface area contributed by atoms with Crippen LogP contribution in [-0.4, -0.2) is 17.8 Å². The molecule has 2 rings (SSSR count). The molecule has 1 aromatic rings. The number of hydrogen-bond donors (Lipinski definition) is 2. The monoisotopic (exact) mass is 207 g/mol. The first-order valence-corrected chi connectivity index (χ1v) is 5.48. The number of para-hydroxylation sites is 1. The van der Waals surface area contributed by atoms with Gasteiger partial charge in [-0.1, -0.05) is 12.1 Å². The molecule has 0 amide bonds. The summed E-state index contributed by atoms with van der Waals surface area (Å²) in [7, 11) is 0. The number of phenols is 1. The van der Waals surface area contributed by atoms with Crippen LogP contribution in [0.3, 0.4) is 0 Å². The van der Waals surface area contributed by atoms with E-state index >= 15 is 0 Å². The Balaban J connectivity index is 2.04. The van der Waals surface area contributed by atoms with Crippen LogP contribution in [0.4, 0.5) is 0 Å². The largest absolute Gasteiger partial charge is 0.504 e. The molecule has 0 aliphatic heterocycles. The third kappa shape index (κ3) is 2.63. The van der Waals surface area contributed by atoms with Crippen molar-refractivity contribution in [2.75, 3.05) is 6.61 Å². The Labute approximate surface area is 90.1 Å². The van der Waals surface area contributed by atoms with Gasteiger partial charge in [0.25, 0.3) is 0 Å². The van der Waals surface area contributed by atoms with E-state index in [0.29, 0.717) is 18.4 Å². The lowest BCUT2D eigenvalue weighted by Gasteiger charge is -2.10. The van der Waals surface area contributed by atoms with E-state index in [4.69, 9.17) is 4.74 Å². The van der Waals surface area contributed by atoms with Crippen LogP contribution in [0.5, 0.6) is 11.5 Å². The van der Waals surface area contributed by atoms with Gasteiger partial charge in [-0.3, -0.25) is 0 Å². The van der Waals surface area contributed by atoms with E-state index in [1.807, 2.05) is 19.1 Å². The zero-order valence-corrected chi connectivity index (χ0v) is 8.99. The lowest BCUT2D eigenvalue weighted by molar-refractivity contribution is 0.316. The van der Waals surface area contributed by atoms with Crippen LogP contribution in [0.25, 0.3) is 0 Å². The molecule has 0 unspecified atom stereocenters. The van der Waals surface area contributed by atoms with Crippen LogP contribution in [0.2, 0.25) is 0 Å². The number of nitrogens with one attached hydrogen (secondary N) is 1. The van der Waals surface area contributed by atoms with Crippen LogP contribution in [0.1, 0.15) is 25.3 Å². The highest BCUT2D eigenvalue weighted by Gasteiger charge is 2.20. The number of ether oxygens (including phenoxy) is 1. The number of phenolic OH excluding ortho intramolecular Hbond substituents is 1. The van der Waals surface area contributed by atoms with Gasteiger partial charge in [-0.25, -0.2) is 0 Å². The second-order valence-electron chi connectivity index (χ2n) is 3.85. The first kappa shape index (κ1) is 10.3. The van der Waals surface area contributed by atoms with Crippen molar-refractivity contribution in [3.05, 3.63) is 23.8 Å². The molecule has 1 saturated carbocycles. The number of aromatic hydroxyl groups is 1. The molecule has 2 N–H and O–H groups in total. The van der Waals surface area contributed by atoms with Gasteiger partial charge in [0.1, 0.15) is 0 Å². The van der Waals surface area contributed by atoms with Crippen molar-refractivity contribution >= 4 is 0 Å². The Morgan fingerprint density at radius 2 is 2.27 bits per heavy atom. The normalized spacial score (nSPS) is 15.3. The highest BCUT2D eigenvalue weighted by molar-refractivity contribution is 5.45. The summed E-state index contributed by atoms with van der Waals surface area (Å²) in [6, 6.07) is 6.28. The minimum Gasteiger partial charge on any atom is -0.504 e.